The molecule has 1 rings (SSSR count). The molecule has 0 bridgehead atoms. The molecule has 1 heterocycles. The minimum absolute atomic E-state index is 0.0722. The average Bonchev–Trinajstić information content (AvgIpc) is 2.60. The largest absolute Gasteiger partial charge is 0.477 e. The topological polar surface area (TPSA) is 129 Å². The average molecular weight is 380 g/mol. The maximum Gasteiger partial charge on any atom is 0.352 e. The number of aliphatic hydroxyl groups excluding tert-OH is 2. The van der Waals surface area contributed by atoms with Crippen molar-refractivity contribution in [1.29, 1.82) is 0 Å². The molecule has 0 saturated heterocycles. The zero-order chi connectivity index (χ0) is 20.9. The fourth-order valence-corrected chi connectivity index (χ4v) is 2.62. The molecule has 0 amide bonds. The van der Waals surface area contributed by atoms with E-state index in [1.165, 1.54) is 17.7 Å². The smallest absolute Gasteiger partial charge is 0.352 e. The molecule has 0 aliphatic heterocycles. The lowest BCUT2D eigenvalue weighted by Crippen LogP contribution is -2.35. The Morgan fingerprint density at radius 1 is 1.26 bits per heavy atom. The van der Waals surface area contributed by atoms with Crippen LogP contribution < -0.4 is 5.43 Å². The van der Waals surface area contributed by atoms with Crippen LogP contribution >= 0.6 is 0 Å². The second-order valence-corrected chi connectivity index (χ2v) is 6.97. The van der Waals surface area contributed by atoms with Crippen molar-refractivity contribution in [2.45, 2.75) is 59.9 Å². The molecule has 1 aromatic heterocycles. The fraction of sp³-hybridized carbons (Fsp3) is 0.579. The number of hydrogen-bond acceptors (Lipinski definition) is 6. The van der Waals surface area contributed by atoms with Gasteiger partial charge in [-0.1, -0.05) is 27.7 Å². The highest BCUT2D eigenvalue weighted by Gasteiger charge is 2.28. The van der Waals surface area contributed by atoms with Crippen LogP contribution in [-0.4, -0.2) is 43.5 Å². The first kappa shape index (κ1) is 22.7. The number of pyridine rings is 1. The number of aliphatic carboxylic acids is 1. The molecule has 0 fully saturated rings. The zero-order valence-electron chi connectivity index (χ0n) is 16.3. The first-order valence-corrected chi connectivity index (χ1v) is 8.90. The minimum atomic E-state index is -1.34. The van der Waals surface area contributed by atoms with E-state index in [-0.39, 0.29) is 23.1 Å². The first-order chi connectivity index (χ1) is 12.5. The van der Waals surface area contributed by atoms with Gasteiger partial charge < -0.3 is 19.9 Å². The van der Waals surface area contributed by atoms with Gasteiger partial charge in [0.25, 0.3) is 0 Å². The van der Waals surface area contributed by atoms with E-state index in [2.05, 4.69) is 4.99 Å². The molecule has 0 saturated carbocycles. The number of nitrogens with zero attached hydrogens (tertiary/aromatic N) is 2. The van der Waals surface area contributed by atoms with Crippen molar-refractivity contribution in [3.05, 3.63) is 33.7 Å². The zero-order valence-corrected chi connectivity index (χ0v) is 16.3. The Morgan fingerprint density at radius 2 is 1.85 bits per heavy atom. The van der Waals surface area contributed by atoms with Gasteiger partial charge in [0.05, 0.1) is 12.2 Å². The van der Waals surface area contributed by atoms with Gasteiger partial charge in [0.2, 0.25) is 0 Å². The van der Waals surface area contributed by atoms with Gasteiger partial charge >= 0.3 is 5.97 Å². The summed E-state index contributed by atoms with van der Waals surface area (Å²) in [7, 11) is 0. The van der Waals surface area contributed by atoms with Crippen LogP contribution in [0.5, 0.6) is 0 Å². The Labute approximate surface area is 158 Å². The lowest BCUT2D eigenvalue weighted by molar-refractivity contribution is -0.130. The van der Waals surface area contributed by atoms with Crippen molar-refractivity contribution in [3.63, 3.8) is 0 Å². The van der Waals surface area contributed by atoms with Crippen molar-refractivity contribution in [3.8, 4) is 0 Å². The number of carboxylic acids is 1. The van der Waals surface area contributed by atoms with Gasteiger partial charge in [-0.15, -0.1) is 0 Å². The van der Waals surface area contributed by atoms with Crippen LogP contribution in [-0.2, 0) is 11.4 Å². The van der Waals surface area contributed by atoms with Crippen LogP contribution in [0.15, 0.2) is 22.1 Å². The summed E-state index contributed by atoms with van der Waals surface area (Å²) in [5.41, 5.74) is -0.780. The van der Waals surface area contributed by atoms with E-state index >= 15 is 0 Å². The van der Waals surface area contributed by atoms with E-state index < -0.39 is 41.8 Å². The van der Waals surface area contributed by atoms with Gasteiger partial charge in [0.1, 0.15) is 12.3 Å². The van der Waals surface area contributed by atoms with Crippen LogP contribution in [0.2, 0.25) is 0 Å². The molecule has 1 unspecified atom stereocenters. The molecule has 3 N–H and O–H groups in total. The SMILES string of the molecule is CCC(C)[C@@H](N=C(C(=O)O)[C@@H](O)C(C)C)n1cc(C(C)=O)c(=O)cc1CO. The third-order valence-corrected chi connectivity index (χ3v) is 4.54. The Balaban J connectivity index is 3.72. The van der Waals surface area contributed by atoms with Crippen molar-refractivity contribution >= 4 is 17.5 Å². The summed E-state index contributed by atoms with van der Waals surface area (Å²) in [5.74, 6) is -2.34. The molecule has 1 aromatic rings. The first-order valence-electron chi connectivity index (χ1n) is 8.90. The lowest BCUT2D eigenvalue weighted by atomic mass is 10.0. The normalized spacial score (nSPS) is 15.5. The number of carboxylic acid groups (broad SMARTS) is 1. The van der Waals surface area contributed by atoms with E-state index in [0.717, 1.165) is 6.07 Å². The Morgan fingerprint density at radius 3 is 2.26 bits per heavy atom. The van der Waals surface area contributed by atoms with E-state index in [1.807, 2.05) is 13.8 Å². The van der Waals surface area contributed by atoms with Gasteiger partial charge in [-0.2, -0.15) is 0 Å². The molecule has 0 radical (unpaired) electrons. The summed E-state index contributed by atoms with van der Waals surface area (Å²) in [5, 5.41) is 29.4. The third kappa shape index (κ3) is 5.33. The maximum absolute atomic E-state index is 12.1. The molecular weight excluding hydrogens is 352 g/mol. The van der Waals surface area contributed by atoms with Crippen molar-refractivity contribution in [2.75, 3.05) is 0 Å². The molecule has 8 heteroatoms. The standard InChI is InChI=1S/C19H28N2O6/c1-6-11(4)18(20-16(19(26)27)17(25)10(2)3)21-8-14(12(5)23)15(24)7-13(21)9-22/h7-8,10-11,17-18,22,25H,6,9H2,1-5H3,(H,26,27)/t11?,17-,18-/m0/s1. The number of aromatic nitrogens is 1. The Bertz CT molecular complexity index is 781. The monoisotopic (exact) mass is 380 g/mol. The van der Waals surface area contributed by atoms with E-state index in [4.69, 9.17) is 0 Å². The summed E-state index contributed by atoms with van der Waals surface area (Å²) >= 11 is 0. The Kier molecular flexibility index (Phi) is 8.05. The van der Waals surface area contributed by atoms with Gasteiger partial charge in [-0.3, -0.25) is 14.6 Å². The molecule has 8 nitrogen and oxygen atoms in total. The highest BCUT2D eigenvalue weighted by Crippen LogP contribution is 2.26. The van der Waals surface area contributed by atoms with Crippen LogP contribution in [0.25, 0.3) is 0 Å². The number of carbonyl (C=O) groups excluding carboxylic acids is 1. The number of hydrogen-bond donors (Lipinski definition) is 3. The van der Waals surface area contributed by atoms with Crippen molar-refractivity contribution in [1.82, 2.24) is 4.57 Å². The highest BCUT2D eigenvalue weighted by atomic mass is 16.4. The predicted octanol–water partition coefficient (Wildman–Crippen LogP) is 1.63. The van der Waals surface area contributed by atoms with Crippen LogP contribution in [0, 0.1) is 11.8 Å². The number of aliphatic hydroxyl groups is 2. The summed E-state index contributed by atoms with van der Waals surface area (Å²) in [6.45, 7) is 7.85. The molecular formula is C19H28N2O6. The molecule has 3 atom stereocenters. The summed E-state index contributed by atoms with van der Waals surface area (Å²) < 4.78 is 1.45. The fourth-order valence-electron chi connectivity index (χ4n) is 2.62. The number of ketones is 1. The molecule has 0 aliphatic rings. The van der Waals surface area contributed by atoms with E-state index in [0.29, 0.717) is 6.42 Å². The van der Waals surface area contributed by atoms with Gasteiger partial charge in [-0.05, 0) is 25.2 Å². The highest BCUT2D eigenvalue weighted by molar-refractivity contribution is 6.37. The Hall–Kier alpha value is -2.32. The predicted molar refractivity (Wildman–Crippen MR) is 101 cm³/mol. The minimum Gasteiger partial charge on any atom is -0.477 e. The molecule has 0 aromatic carbocycles. The van der Waals surface area contributed by atoms with Gasteiger partial charge in [0, 0.05) is 18.0 Å². The number of rotatable bonds is 9. The number of carbonyl (C=O) groups is 2. The molecule has 27 heavy (non-hydrogen) atoms. The lowest BCUT2D eigenvalue weighted by Gasteiger charge is -2.27. The van der Waals surface area contributed by atoms with Crippen LogP contribution in [0.3, 0.4) is 0 Å². The number of Topliss-reactive ketones (excluding diaryl/α,β-unsaturated/α-hetero) is 1. The quantitative estimate of drug-likeness (QED) is 0.441. The van der Waals surface area contributed by atoms with Crippen molar-refractivity contribution < 1.29 is 24.9 Å². The second-order valence-electron chi connectivity index (χ2n) is 6.97. The summed E-state index contributed by atoms with van der Waals surface area (Å²) in [6, 6.07) is 1.15. The third-order valence-electron chi connectivity index (χ3n) is 4.54. The second kappa shape index (κ2) is 9.57. The number of aliphatic imine (C=N–C) groups is 1. The van der Waals surface area contributed by atoms with E-state index in [1.54, 1.807) is 13.8 Å². The van der Waals surface area contributed by atoms with Gasteiger partial charge in [-0.25, -0.2) is 4.79 Å². The molecule has 150 valence electrons. The summed E-state index contributed by atoms with van der Waals surface area (Å²) in [6.07, 6.45) is -0.170. The van der Waals surface area contributed by atoms with E-state index in [9.17, 15) is 29.7 Å². The molecule has 0 spiro atoms. The van der Waals surface area contributed by atoms with Crippen LogP contribution in [0.1, 0.15) is 63.3 Å². The van der Waals surface area contributed by atoms with Gasteiger partial charge in [0.15, 0.2) is 16.9 Å². The van der Waals surface area contributed by atoms with Crippen LogP contribution in [0.4, 0.5) is 0 Å². The van der Waals surface area contributed by atoms with Crippen molar-refractivity contribution in [2.24, 2.45) is 16.8 Å². The maximum atomic E-state index is 12.1. The molecule has 0 aliphatic carbocycles. The summed E-state index contributed by atoms with van der Waals surface area (Å²) in [4.78, 5) is 39.8.